The van der Waals surface area contributed by atoms with E-state index in [1.807, 2.05) is 13.8 Å². The number of hydrogen-bond donors (Lipinski definition) is 3. The standard InChI is InChI=1S/C16H16N2O4/c1-8-9(2)18-12(10(3)17-8)4-5-13(20)16-14(21)6-11(19)7-15(16)22/h4-7,19,21-22H,1-3H3/b5-4+. The Morgan fingerprint density at radius 1 is 0.955 bits per heavy atom. The maximum absolute atomic E-state index is 12.1. The summed E-state index contributed by atoms with van der Waals surface area (Å²) in [5.41, 5.74) is 2.51. The number of carbonyl (C=O) groups is 1. The number of hydrogen-bond acceptors (Lipinski definition) is 6. The second kappa shape index (κ2) is 5.85. The quantitative estimate of drug-likeness (QED) is 0.594. The molecule has 6 heteroatoms. The van der Waals surface area contributed by atoms with Gasteiger partial charge in [-0.05, 0) is 32.9 Å². The molecule has 0 amide bonds. The Kier molecular flexibility index (Phi) is 4.12. The minimum Gasteiger partial charge on any atom is -0.508 e. The molecule has 0 radical (unpaired) electrons. The van der Waals surface area contributed by atoms with E-state index in [9.17, 15) is 20.1 Å². The molecule has 1 aromatic carbocycles. The largest absolute Gasteiger partial charge is 0.508 e. The van der Waals surface area contributed by atoms with Gasteiger partial charge in [0.2, 0.25) is 0 Å². The second-order valence-electron chi connectivity index (χ2n) is 4.92. The summed E-state index contributed by atoms with van der Waals surface area (Å²) >= 11 is 0. The van der Waals surface area contributed by atoms with Gasteiger partial charge >= 0.3 is 0 Å². The van der Waals surface area contributed by atoms with Crippen molar-refractivity contribution in [3.63, 3.8) is 0 Å². The fourth-order valence-corrected chi connectivity index (χ4v) is 1.98. The smallest absolute Gasteiger partial charge is 0.193 e. The summed E-state index contributed by atoms with van der Waals surface area (Å²) in [5.74, 6) is -1.91. The Morgan fingerprint density at radius 2 is 1.50 bits per heavy atom. The highest BCUT2D eigenvalue weighted by atomic mass is 16.3. The molecule has 1 aromatic heterocycles. The van der Waals surface area contributed by atoms with E-state index in [0.717, 1.165) is 23.5 Å². The zero-order valence-corrected chi connectivity index (χ0v) is 12.5. The molecule has 2 rings (SSSR count). The predicted octanol–water partition coefficient (Wildman–Crippen LogP) is 2.41. The number of phenolic OH excluding ortho intramolecular Hbond substituents is 3. The summed E-state index contributed by atoms with van der Waals surface area (Å²) in [6.45, 7) is 5.44. The molecule has 22 heavy (non-hydrogen) atoms. The molecule has 1 heterocycles. The molecule has 0 spiro atoms. The summed E-state index contributed by atoms with van der Waals surface area (Å²) in [5, 5.41) is 28.6. The van der Waals surface area contributed by atoms with E-state index in [-0.39, 0.29) is 11.3 Å². The van der Waals surface area contributed by atoms with Crippen LogP contribution in [0.1, 0.15) is 33.1 Å². The molecular weight excluding hydrogens is 284 g/mol. The van der Waals surface area contributed by atoms with Gasteiger partial charge in [0.1, 0.15) is 22.8 Å². The lowest BCUT2D eigenvalue weighted by Crippen LogP contribution is -2.00. The van der Waals surface area contributed by atoms with E-state index in [1.54, 1.807) is 6.92 Å². The van der Waals surface area contributed by atoms with Crippen molar-refractivity contribution in [1.82, 2.24) is 9.97 Å². The average molecular weight is 300 g/mol. The van der Waals surface area contributed by atoms with Crippen molar-refractivity contribution in [2.24, 2.45) is 0 Å². The third-order valence-corrected chi connectivity index (χ3v) is 3.24. The molecule has 0 aliphatic rings. The molecule has 6 nitrogen and oxygen atoms in total. The fraction of sp³-hybridized carbons (Fsp3) is 0.188. The van der Waals surface area contributed by atoms with Gasteiger partial charge in [0.25, 0.3) is 0 Å². The van der Waals surface area contributed by atoms with Crippen LogP contribution in [0.15, 0.2) is 18.2 Å². The van der Waals surface area contributed by atoms with Crippen molar-refractivity contribution in [3.8, 4) is 17.2 Å². The molecular formula is C16H16N2O4. The minimum absolute atomic E-state index is 0.275. The van der Waals surface area contributed by atoms with Gasteiger partial charge in [0, 0.05) is 12.1 Å². The minimum atomic E-state index is -0.602. The van der Waals surface area contributed by atoms with E-state index in [2.05, 4.69) is 9.97 Å². The van der Waals surface area contributed by atoms with Crippen LogP contribution in [0, 0.1) is 20.8 Å². The van der Waals surface area contributed by atoms with Crippen LogP contribution < -0.4 is 0 Å². The van der Waals surface area contributed by atoms with Crippen molar-refractivity contribution in [3.05, 3.63) is 46.5 Å². The van der Waals surface area contributed by atoms with Crippen molar-refractivity contribution in [2.45, 2.75) is 20.8 Å². The van der Waals surface area contributed by atoms with Gasteiger partial charge in [-0.3, -0.25) is 9.78 Å². The van der Waals surface area contributed by atoms with Crippen LogP contribution in [0.5, 0.6) is 17.2 Å². The SMILES string of the molecule is Cc1nc(C)c(/C=C/C(=O)c2c(O)cc(O)cc2O)nc1C. The summed E-state index contributed by atoms with van der Waals surface area (Å²) in [4.78, 5) is 20.7. The Bertz CT molecular complexity index is 759. The monoisotopic (exact) mass is 300 g/mol. The van der Waals surface area contributed by atoms with Crippen LogP contribution in [0.25, 0.3) is 6.08 Å². The highest BCUT2D eigenvalue weighted by Gasteiger charge is 2.15. The van der Waals surface area contributed by atoms with Crippen molar-refractivity contribution >= 4 is 11.9 Å². The molecule has 0 saturated heterocycles. The van der Waals surface area contributed by atoms with E-state index >= 15 is 0 Å². The second-order valence-corrected chi connectivity index (χ2v) is 4.92. The highest BCUT2D eigenvalue weighted by molar-refractivity contribution is 6.10. The third kappa shape index (κ3) is 3.06. The lowest BCUT2D eigenvalue weighted by atomic mass is 10.1. The fourth-order valence-electron chi connectivity index (χ4n) is 1.98. The van der Waals surface area contributed by atoms with Crippen LogP contribution in [-0.4, -0.2) is 31.1 Å². The van der Waals surface area contributed by atoms with Gasteiger partial charge in [-0.2, -0.15) is 0 Å². The zero-order valence-electron chi connectivity index (χ0n) is 12.5. The predicted molar refractivity (Wildman–Crippen MR) is 81.0 cm³/mol. The molecule has 0 aliphatic carbocycles. The molecule has 3 N–H and O–H groups in total. The van der Waals surface area contributed by atoms with Gasteiger partial charge in [-0.15, -0.1) is 0 Å². The molecule has 0 aliphatic heterocycles. The number of carbonyl (C=O) groups excluding carboxylic acids is 1. The average Bonchev–Trinajstić information content (AvgIpc) is 2.40. The van der Waals surface area contributed by atoms with Gasteiger partial charge in [-0.25, -0.2) is 4.98 Å². The van der Waals surface area contributed by atoms with E-state index < -0.39 is 17.3 Å². The Balaban J connectivity index is 2.35. The molecule has 0 atom stereocenters. The number of rotatable bonds is 3. The number of benzene rings is 1. The summed E-state index contributed by atoms with van der Waals surface area (Å²) in [6, 6.07) is 1.98. The van der Waals surface area contributed by atoms with Crippen LogP contribution in [0.3, 0.4) is 0 Å². The molecule has 2 aromatic rings. The number of nitrogens with zero attached hydrogens (tertiary/aromatic N) is 2. The van der Waals surface area contributed by atoms with Crippen LogP contribution in [-0.2, 0) is 0 Å². The number of aromatic nitrogens is 2. The number of aromatic hydroxyl groups is 3. The van der Waals surface area contributed by atoms with Crippen LogP contribution >= 0.6 is 0 Å². The topological polar surface area (TPSA) is 104 Å². The van der Waals surface area contributed by atoms with Crippen molar-refractivity contribution < 1.29 is 20.1 Å². The van der Waals surface area contributed by atoms with Gasteiger partial charge < -0.3 is 15.3 Å². The Hall–Kier alpha value is -2.89. The normalized spacial score (nSPS) is 11.0. The summed E-state index contributed by atoms with van der Waals surface area (Å²) in [6.07, 6.45) is 2.67. The molecule has 0 bridgehead atoms. The van der Waals surface area contributed by atoms with Crippen LogP contribution in [0.2, 0.25) is 0 Å². The number of phenols is 3. The van der Waals surface area contributed by atoms with Crippen LogP contribution in [0.4, 0.5) is 0 Å². The maximum Gasteiger partial charge on any atom is 0.193 e. The van der Waals surface area contributed by atoms with Gasteiger partial charge in [-0.1, -0.05) is 0 Å². The zero-order chi connectivity index (χ0) is 16.4. The first-order valence-corrected chi connectivity index (χ1v) is 6.58. The molecule has 0 unspecified atom stereocenters. The first-order valence-electron chi connectivity index (χ1n) is 6.58. The first kappa shape index (κ1) is 15.5. The number of allylic oxidation sites excluding steroid dienone is 1. The Labute approximate surface area is 127 Å². The van der Waals surface area contributed by atoms with Crippen molar-refractivity contribution in [1.29, 1.82) is 0 Å². The van der Waals surface area contributed by atoms with E-state index in [0.29, 0.717) is 11.4 Å². The lowest BCUT2D eigenvalue weighted by Gasteiger charge is -2.05. The first-order chi connectivity index (χ1) is 10.3. The number of aryl methyl sites for hydroxylation is 3. The van der Waals surface area contributed by atoms with E-state index in [4.69, 9.17) is 0 Å². The maximum atomic E-state index is 12.1. The van der Waals surface area contributed by atoms with Gasteiger partial charge in [0.15, 0.2) is 5.78 Å². The number of ketones is 1. The third-order valence-electron chi connectivity index (χ3n) is 3.24. The van der Waals surface area contributed by atoms with Gasteiger partial charge in [0.05, 0.1) is 22.8 Å². The molecule has 114 valence electrons. The van der Waals surface area contributed by atoms with E-state index in [1.165, 1.54) is 12.2 Å². The lowest BCUT2D eigenvalue weighted by molar-refractivity contribution is 0.104. The summed E-state index contributed by atoms with van der Waals surface area (Å²) in [7, 11) is 0. The Morgan fingerprint density at radius 3 is 2.09 bits per heavy atom. The summed E-state index contributed by atoms with van der Waals surface area (Å²) < 4.78 is 0. The highest BCUT2D eigenvalue weighted by Crippen LogP contribution is 2.32. The molecule has 0 fully saturated rings. The van der Waals surface area contributed by atoms with Crippen molar-refractivity contribution in [2.75, 3.05) is 0 Å². The molecule has 0 saturated carbocycles.